The van der Waals surface area contributed by atoms with Crippen LogP contribution in [0.15, 0.2) is 39.9 Å². The van der Waals surface area contributed by atoms with Gasteiger partial charge >= 0.3 is 5.69 Å². The lowest BCUT2D eigenvalue weighted by Gasteiger charge is -2.07. The third-order valence-corrected chi connectivity index (χ3v) is 2.48. The summed E-state index contributed by atoms with van der Waals surface area (Å²) in [4.78, 5) is 24.5. The molecule has 6 heteroatoms. The smallest absolute Gasteiger partial charge is 0.331 e. The topological polar surface area (TPSA) is 75.1 Å². The van der Waals surface area contributed by atoms with Crippen molar-refractivity contribution in [1.29, 1.82) is 0 Å². The molecule has 0 spiro atoms. The van der Waals surface area contributed by atoms with E-state index in [0.717, 1.165) is 16.2 Å². The maximum atomic E-state index is 11.5. The number of aromatic nitrogens is 2. The van der Waals surface area contributed by atoms with Crippen LogP contribution in [0.2, 0.25) is 5.02 Å². The fourth-order valence-corrected chi connectivity index (χ4v) is 1.69. The molecule has 0 aliphatic carbocycles. The minimum absolute atomic E-state index is 0.141. The highest BCUT2D eigenvalue weighted by Crippen LogP contribution is 2.12. The van der Waals surface area contributed by atoms with Crippen LogP contribution in [-0.2, 0) is 6.54 Å². The van der Waals surface area contributed by atoms with E-state index in [1.54, 1.807) is 24.3 Å². The van der Waals surface area contributed by atoms with E-state index in [0.29, 0.717) is 5.02 Å². The number of H-pyrrole nitrogens is 1. The van der Waals surface area contributed by atoms with Gasteiger partial charge in [-0.25, -0.2) is 4.79 Å². The van der Waals surface area contributed by atoms with Gasteiger partial charge in [-0.3, -0.25) is 14.3 Å². The van der Waals surface area contributed by atoms with E-state index in [4.69, 9.17) is 11.6 Å². The number of benzene rings is 1. The van der Waals surface area contributed by atoms with E-state index in [9.17, 15) is 14.7 Å². The van der Waals surface area contributed by atoms with Gasteiger partial charge in [-0.05, 0) is 17.7 Å². The molecule has 88 valence electrons. The zero-order chi connectivity index (χ0) is 12.4. The lowest BCUT2D eigenvalue weighted by molar-refractivity contribution is 0.409. The first-order valence-corrected chi connectivity index (χ1v) is 5.21. The van der Waals surface area contributed by atoms with E-state index < -0.39 is 11.2 Å². The fraction of sp³-hybridized carbons (Fsp3) is 0.0909. The normalized spacial score (nSPS) is 10.4. The van der Waals surface area contributed by atoms with Crippen molar-refractivity contribution < 1.29 is 5.11 Å². The van der Waals surface area contributed by atoms with Gasteiger partial charge in [-0.2, -0.15) is 0 Å². The highest BCUT2D eigenvalue weighted by molar-refractivity contribution is 6.30. The summed E-state index contributed by atoms with van der Waals surface area (Å²) in [5.41, 5.74) is -0.535. The third-order valence-electron chi connectivity index (χ3n) is 2.24. The van der Waals surface area contributed by atoms with Gasteiger partial charge in [0.15, 0.2) is 0 Å². The number of hydrogen-bond donors (Lipinski definition) is 2. The van der Waals surface area contributed by atoms with Crippen LogP contribution in [0.1, 0.15) is 5.56 Å². The van der Waals surface area contributed by atoms with Gasteiger partial charge in [0.05, 0.1) is 12.6 Å². The largest absolute Gasteiger partial charge is 0.494 e. The van der Waals surface area contributed by atoms with Crippen molar-refractivity contribution in [1.82, 2.24) is 9.55 Å². The van der Waals surface area contributed by atoms with Crippen molar-refractivity contribution in [2.24, 2.45) is 0 Å². The Morgan fingerprint density at radius 1 is 1.29 bits per heavy atom. The molecule has 2 rings (SSSR count). The second-order valence-corrected chi connectivity index (χ2v) is 3.95. The summed E-state index contributed by atoms with van der Waals surface area (Å²) in [6, 6.07) is 7.85. The predicted molar refractivity (Wildman–Crippen MR) is 63.5 cm³/mol. The Kier molecular flexibility index (Phi) is 3.01. The van der Waals surface area contributed by atoms with Gasteiger partial charge < -0.3 is 5.11 Å². The lowest BCUT2D eigenvalue weighted by atomic mass is 10.2. The minimum atomic E-state index is -0.657. The second kappa shape index (κ2) is 4.47. The average molecular weight is 253 g/mol. The summed E-state index contributed by atoms with van der Waals surface area (Å²) in [6.45, 7) is 0.141. The molecule has 0 amide bonds. The molecule has 17 heavy (non-hydrogen) atoms. The molecule has 0 saturated heterocycles. The Bertz CT molecular complexity index is 660. The molecule has 5 nitrogen and oxygen atoms in total. The van der Waals surface area contributed by atoms with Crippen LogP contribution in [-0.4, -0.2) is 14.7 Å². The molecule has 0 radical (unpaired) electrons. The van der Waals surface area contributed by atoms with Crippen LogP contribution < -0.4 is 11.2 Å². The van der Waals surface area contributed by atoms with Gasteiger partial charge in [-0.15, -0.1) is 0 Å². The monoisotopic (exact) mass is 252 g/mol. The number of nitrogens with one attached hydrogen (secondary N) is 1. The van der Waals surface area contributed by atoms with E-state index in [2.05, 4.69) is 4.98 Å². The molecule has 2 aromatic rings. The van der Waals surface area contributed by atoms with Crippen LogP contribution in [0.5, 0.6) is 5.88 Å². The van der Waals surface area contributed by atoms with Crippen molar-refractivity contribution in [3.8, 4) is 5.88 Å². The Hall–Kier alpha value is -2.01. The summed E-state index contributed by atoms with van der Waals surface area (Å²) in [7, 11) is 0. The summed E-state index contributed by atoms with van der Waals surface area (Å²) < 4.78 is 1.05. The lowest BCUT2D eigenvalue weighted by Crippen LogP contribution is -2.29. The summed E-state index contributed by atoms with van der Waals surface area (Å²) >= 11 is 5.81. The van der Waals surface area contributed by atoms with Gasteiger partial charge in [0.1, 0.15) is 0 Å². The molecule has 0 bridgehead atoms. The molecule has 1 aromatic carbocycles. The SMILES string of the molecule is O=c1cc(O)n(Cc2cccc(Cl)c2)c(=O)[nH]1. The zero-order valence-electron chi connectivity index (χ0n) is 8.68. The predicted octanol–water partition coefficient (Wildman–Crippen LogP) is 0.944. The Labute approximate surface area is 101 Å². The molecule has 1 aromatic heterocycles. The molecular formula is C11H9ClN2O3. The number of halogens is 1. The summed E-state index contributed by atoms with van der Waals surface area (Å²) in [5, 5.41) is 10.1. The molecule has 0 saturated carbocycles. The summed E-state index contributed by atoms with van der Waals surface area (Å²) in [5.74, 6) is -0.376. The maximum Gasteiger partial charge on any atom is 0.331 e. The first kappa shape index (κ1) is 11.5. The van der Waals surface area contributed by atoms with Gasteiger partial charge in [0.25, 0.3) is 5.56 Å². The van der Waals surface area contributed by atoms with Crippen molar-refractivity contribution >= 4 is 11.6 Å². The van der Waals surface area contributed by atoms with Crippen LogP contribution in [0, 0.1) is 0 Å². The van der Waals surface area contributed by atoms with E-state index >= 15 is 0 Å². The molecule has 0 unspecified atom stereocenters. The van der Waals surface area contributed by atoms with Gasteiger partial charge in [-0.1, -0.05) is 23.7 Å². The number of aromatic amines is 1. The van der Waals surface area contributed by atoms with Crippen molar-refractivity contribution in [2.75, 3.05) is 0 Å². The first-order valence-electron chi connectivity index (χ1n) is 4.84. The van der Waals surface area contributed by atoms with E-state index in [1.807, 2.05) is 0 Å². The van der Waals surface area contributed by atoms with Crippen LogP contribution >= 0.6 is 11.6 Å². The van der Waals surface area contributed by atoms with Crippen LogP contribution in [0.3, 0.4) is 0 Å². The molecule has 2 N–H and O–H groups in total. The molecule has 0 atom stereocenters. The molecule has 1 heterocycles. The van der Waals surface area contributed by atoms with E-state index in [-0.39, 0.29) is 12.4 Å². The molecule has 0 fully saturated rings. The Morgan fingerprint density at radius 2 is 2.06 bits per heavy atom. The molecule has 0 aliphatic rings. The van der Waals surface area contributed by atoms with Gasteiger partial charge in [0, 0.05) is 5.02 Å². The Balaban J connectivity index is 2.43. The zero-order valence-corrected chi connectivity index (χ0v) is 9.44. The Morgan fingerprint density at radius 3 is 2.71 bits per heavy atom. The van der Waals surface area contributed by atoms with Gasteiger partial charge in [0.2, 0.25) is 5.88 Å². The summed E-state index contributed by atoms with van der Waals surface area (Å²) in [6.07, 6.45) is 0. The average Bonchev–Trinajstić information content (AvgIpc) is 2.23. The maximum absolute atomic E-state index is 11.5. The van der Waals surface area contributed by atoms with Crippen molar-refractivity contribution in [3.05, 3.63) is 61.8 Å². The first-order chi connectivity index (χ1) is 8.06. The van der Waals surface area contributed by atoms with Crippen LogP contribution in [0.4, 0.5) is 0 Å². The second-order valence-electron chi connectivity index (χ2n) is 3.51. The third kappa shape index (κ3) is 2.57. The number of rotatable bonds is 2. The van der Waals surface area contributed by atoms with Crippen molar-refractivity contribution in [2.45, 2.75) is 6.54 Å². The van der Waals surface area contributed by atoms with Crippen molar-refractivity contribution in [3.63, 3.8) is 0 Å². The number of nitrogens with zero attached hydrogens (tertiary/aromatic N) is 1. The number of hydrogen-bond acceptors (Lipinski definition) is 3. The molecular weight excluding hydrogens is 244 g/mol. The number of aromatic hydroxyl groups is 1. The van der Waals surface area contributed by atoms with E-state index in [1.165, 1.54) is 0 Å². The highest BCUT2D eigenvalue weighted by atomic mass is 35.5. The quantitative estimate of drug-likeness (QED) is 0.835. The fourth-order valence-electron chi connectivity index (χ4n) is 1.48. The standard InChI is InChI=1S/C11H9ClN2O3/c12-8-3-1-2-7(4-8)6-14-10(16)5-9(15)13-11(14)17/h1-5,16H,6H2,(H,13,15,17). The van der Waals surface area contributed by atoms with Crippen LogP contribution in [0.25, 0.3) is 0 Å². The highest BCUT2D eigenvalue weighted by Gasteiger charge is 2.05. The minimum Gasteiger partial charge on any atom is -0.494 e. The molecule has 0 aliphatic heterocycles.